The normalized spacial score (nSPS) is 10.6. The van der Waals surface area contributed by atoms with Gasteiger partial charge in [0.25, 0.3) is 5.91 Å². The lowest BCUT2D eigenvalue weighted by atomic mass is 10.2. The summed E-state index contributed by atoms with van der Waals surface area (Å²) in [7, 11) is 0. The minimum atomic E-state index is -0.0566. The van der Waals surface area contributed by atoms with Crippen LogP contribution >= 0.6 is 0 Å². The largest absolute Gasteiger partial charge is 0.467 e. The van der Waals surface area contributed by atoms with E-state index in [1.54, 1.807) is 6.26 Å². The molecule has 0 spiro atoms. The predicted octanol–water partition coefficient (Wildman–Crippen LogP) is 2.65. The van der Waals surface area contributed by atoms with Crippen molar-refractivity contribution in [2.24, 2.45) is 0 Å². The van der Waals surface area contributed by atoms with Gasteiger partial charge in [0.1, 0.15) is 11.5 Å². The third-order valence-corrected chi connectivity index (χ3v) is 3.03. The highest BCUT2D eigenvalue weighted by Gasteiger charge is 2.16. The first kappa shape index (κ1) is 12.5. The van der Waals surface area contributed by atoms with Crippen LogP contribution in [0.15, 0.2) is 28.9 Å². The maximum Gasteiger partial charge on any atom is 0.268 e. The van der Waals surface area contributed by atoms with Gasteiger partial charge in [-0.1, -0.05) is 0 Å². The van der Waals surface area contributed by atoms with E-state index < -0.39 is 0 Å². The van der Waals surface area contributed by atoms with E-state index in [0.717, 1.165) is 29.3 Å². The molecule has 4 nitrogen and oxygen atoms in total. The lowest BCUT2D eigenvalue weighted by Crippen LogP contribution is -2.26. The summed E-state index contributed by atoms with van der Waals surface area (Å²) in [5.41, 5.74) is 2.85. The van der Waals surface area contributed by atoms with Crippen LogP contribution < -0.4 is 5.32 Å². The summed E-state index contributed by atoms with van der Waals surface area (Å²) in [6.45, 7) is 7.22. The van der Waals surface area contributed by atoms with Gasteiger partial charge in [-0.3, -0.25) is 4.79 Å². The first-order valence-corrected chi connectivity index (χ1v) is 6.10. The van der Waals surface area contributed by atoms with Crippen molar-refractivity contribution in [3.63, 3.8) is 0 Å². The molecular formula is C14H18N2O2. The molecule has 18 heavy (non-hydrogen) atoms. The Morgan fingerprint density at radius 2 is 2.22 bits per heavy atom. The van der Waals surface area contributed by atoms with Gasteiger partial charge in [-0.2, -0.15) is 0 Å². The van der Waals surface area contributed by atoms with Crippen molar-refractivity contribution in [2.45, 2.75) is 33.9 Å². The molecule has 0 atom stereocenters. The van der Waals surface area contributed by atoms with Crippen molar-refractivity contribution in [1.82, 2.24) is 9.88 Å². The fraction of sp³-hybridized carbons (Fsp3) is 0.357. The molecule has 0 saturated heterocycles. The van der Waals surface area contributed by atoms with Gasteiger partial charge < -0.3 is 14.3 Å². The van der Waals surface area contributed by atoms with Crippen LogP contribution in [0.2, 0.25) is 0 Å². The second-order valence-electron chi connectivity index (χ2n) is 4.32. The zero-order valence-corrected chi connectivity index (χ0v) is 11.0. The third-order valence-electron chi connectivity index (χ3n) is 3.03. The van der Waals surface area contributed by atoms with E-state index in [1.807, 2.05) is 43.5 Å². The smallest absolute Gasteiger partial charge is 0.268 e. The summed E-state index contributed by atoms with van der Waals surface area (Å²) in [4.78, 5) is 12.2. The maximum absolute atomic E-state index is 12.2. The van der Waals surface area contributed by atoms with Gasteiger partial charge in [0.15, 0.2) is 0 Å². The lowest BCUT2D eigenvalue weighted by Gasteiger charge is -2.09. The molecule has 2 heterocycles. The minimum Gasteiger partial charge on any atom is -0.467 e. The fourth-order valence-corrected chi connectivity index (χ4v) is 2.22. The van der Waals surface area contributed by atoms with Crippen LogP contribution in [0, 0.1) is 13.8 Å². The highest BCUT2D eigenvalue weighted by atomic mass is 16.3. The van der Waals surface area contributed by atoms with Crippen molar-refractivity contribution in [3.8, 4) is 0 Å². The standard InChI is InChI=1S/C14H18N2O2/c1-4-16-11(3)8-10(2)13(16)14(17)15-9-12-6-5-7-18-12/h5-8H,4,9H2,1-3H3,(H,15,17). The number of rotatable bonds is 4. The summed E-state index contributed by atoms with van der Waals surface area (Å²) in [6.07, 6.45) is 1.60. The van der Waals surface area contributed by atoms with Crippen LogP contribution in [0.5, 0.6) is 0 Å². The van der Waals surface area contributed by atoms with Gasteiger partial charge in [-0.05, 0) is 44.5 Å². The second-order valence-corrected chi connectivity index (χ2v) is 4.32. The molecule has 0 aromatic carbocycles. The van der Waals surface area contributed by atoms with Crippen LogP contribution in [-0.2, 0) is 13.1 Å². The number of carbonyl (C=O) groups excluding carboxylic acids is 1. The molecule has 1 amide bonds. The highest BCUT2D eigenvalue weighted by molar-refractivity contribution is 5.94. The Hall–Kier alpha value is -1.97. The molecule has 0 saturated carbocycles. The average Bonchev–Trinajstić information content (AvgIpc) is 2.93. The van der Waals surface area contributed by atoms with E-state index in [1.165, 1.54) is 0 Å². The van der Waals surface area contributed by atoms with Crippen LogP contribution in [-0.4, -0.2) is 10.5 Å². The van der Waals surface area contributed by atoms with Crippen LogP contribution in [0.25, 0.3) is 0 Å². The van der Waals surface area contributed by atoms with Gasteiger partial charge in [0, 0.05) is 12.2 Å². The number of hydrogen-bond donors (Lipinski definition) is 1. The third kappa shape index (κ3) is 2.32. The maximum atomic E-state index is 12.2. The minimum absolute atomic E-state index is 0.0566. The van der Waals surface area contributed by atoms with Gasteiger partial charge in [0.2, 0.25) is 0 Å². The van der Waals surface area contributed by atoms with Gasteiger partial charge in [0.05, 0.1) is 12.8 Å². The Bertz CT molecular complexity index is 538. The van der Waals surface area contributed by atoms with Crippen LogP contribution in [0.1, 0.15) is 34.4 Å². The molecule has 0 radical (unpaired) electrons. The summed E-state index contributed by atoms with van der Waals surface area (Å²) >= 11 is 0. The molecule has 2 aromatic heterocycles. The van der Waals surface area contributed by atoms with Crippen LogP contribution in [0.4, 0.5) is 0 Å². The summed E-state index contributed by atoms with van der Waals surface area (Å²) in [5, 5.41) is 2.88. The number of aryl methyl sites for hydroxylation is 2. The molecule has 2 rings (SSSR count). The van der Waals surface area contributed by atoms with E-state index >= 15 is 0 Å². The van der Waals surface area contributed by atoms with Crippen molar-refractivity contribution < 1.29 is 9.21 Å². The molecular weight excluding hydrogens is 228 g/mol. The van der Waals surface area contributed by atoms with Gasteiger partial charge in [-0.25, -0.2) is 0 Å². The summed E-state index contributed by atoms with van der Waals surface area (Å²) in [6, 6.07) is 5.69. The monoisotopic (exact) mass is 246 g/mol. The topological polar surface area (TPSA) is 47.2 Å². The number of nitrogens with zero attached hydrogens (tertiary/aromatic N) is 1. The zero-order chi connectivity index (χ0) is 13.1. The van der Waals surface area contributed by atoms with E-state index in [4.69, 9.17) is 4.42 Å². The number of aromatic nitrogens is 1. The molecule has 0 unspecified atom stereocenters. The van der Waals surface area contributed by atoms with Gasteiger partial charge >= 0.3 is 0 Å². The zero-order valence-electron chi connectivity index (χ0n) is 11.0. The fourth-order valence-electron chi connectivity index (χ4n) is 2.22. The number of nitrogens with one attached hydrogen (secondary N) is 1. The molecule has 0 fully saturated rings. The van der Waals surface area contributed by atoms with Crippen molar-refractivity contribution >= 4 is 5.91 Å². The Morgan fingerprint density at radius 1 is 1.44 bits per heavy atom. The van der Waals surface area contributed by atoms with Crippen molar-refractivity contribution in [1.29, 1.82) is 0 Å². The molecule has 0 aliphatic rings. The molecule has 96 valence electrons. The Balaban J connectivity index is 2.13. The first-order valence-electron chi connectivity index (χ1n) is 6.10. The Kier molecular flexibility index (Phi) is 3.55. The van der Waals surface area contributed by atoms with Crippen LogP contribution in [0.3, 0.4) is 0 Å². The van der Waals surface area contributed by atoms with E-state index in [2.05, 4.69) is 5.32 Å². The molecule has 0 aliphatic heterocycles. The van der Waals surface area contributed by atoms with Crippen molar-refractivity contribution in [3.05, 3.63) is 47.2 Å². The van der Waals surface area contributed by atoms with E-state index in [0.29, 0.717) is 6.54 Å². The number of carbonyl (C=O) groups is 1. The number of amides is 1. The van der Waals surface area contributed by atoms with Gasteiger partial charge in [-0.15, -0.1) is 0 Å². The quantitative estimate of drug-likeness (QED) is 0.901. The summed E-state index contributed by atoms with van der Waals surface area (Å²) < 4.78 is 7.21. The molecule has 4 heteroatoms. The second kappa shape index (κ2) is 5.12. The molecule has 1 N–H and O–H groups in total. The van der Waals surface area contributed by atoms with E-state index in [-0.39, 0.29) is 5.91 Å². The lowest BCUT2D eigenvalue weighted by molar-refractivity contribution is 0.0938. The predicted molar refractivity (Wildman–Crippen MR) is 69.5 cm³/mol. The summed E-state index contributed by atoms with van der Waals surface area (Å²) in [5.74, 6) is 0.700. The first-order chi connectivity index (χ1) is 8.63. The molecule has 0 bridgehead atoms. The van der Waals surface area contributed by atoms with Crippen molar-refractivity contribution in [2.75, 3.05) is 0 Å². The number of hydrogen-bond acceptors (Lipinski definition) is 2. The SMILES string of the molecule is CCn1c(C)cc(C)c1C(=O)NCc1ccco1. The Labute approximate surface area is 107 Å². The average molecular weight is 246 g/mol. The van der Waals surface area contributed by atoms with E-state index in [9.17, 15) is 4.79 Å². The number of furan rings is 1. The highest BCUT2D eigenvalue weighted by Crippen LogP contribution is 2.15. The Morgan fingerprint density at radius 3 is 2.83 bits per heavy atom. The molecule has 0 aliphatic carbocycles. The molecule has 2 aromatic rings.